The van der Waals surface area contributed by atoms with Gasteiger partial charge in [0.1, 0.15) is 18.1 Å². The Labute approximate surface area is 153 Å². The molecule has 3 rings (SSSR count). The Morgan fingerprint density at radius 2 is 2.19 bits per heavy atom. The van der Waals surface area contributed by atoms with E-state index in [1.165, 1.54) is 0 Å². The van der Waals surface area contributed by atoms with Gasteiger partial charge < -0.3 is 14.6 Å². The van der Waals surface area contributed by atoms with Crippen molar-refractivity contribution in [2.24, 2.45) is 0 Å². The van der Waals surface area contributed by atoms with E-state index in [1.807, 2.05) is 38.1 Å². The summed E-state index contributed by atoms with van der Waals surface area (Å²) in [4.78, 5) is 27.7. The molecule has 1 aliphatic rings. The van der Waals surface area contributed by atoms with Gasteiger partial charge >= 0.3 is 0 Å². The van der Waals surface area contributed by atoms with Gasteiger partial charge in [-0.2, -0.15) is 9.89 Å². The normalized spacial score (nSPS) is 16.6. The topological polar surface area (TPSA) is 67.7 Å². The van der Waals surface area contributed by atoms with Crippen molar-refractivity contribution in [3.8, 4) is 5.75 Å². The molecule has 2 heterocycles. The van der Waals surface area contributed by atoms with Gasteiger partial charge in [-0.15, -0.1) is 0 Å². The van der Waals surface area contributed by atoms with Crippen molar-refractivity contribution in [3.63, 3.8) is 0 Å². The quantitative estimate of drug-likeness (QED) is 0.740. The average molecular weight is 356 g/mol. The van der Waals surface area contributed by atoms with Gasteiger partial charge in [0.2, 0.25) is 0 Å². The maximum absolute atomic E-state index is 13.0. The molecule has 1 aromatic heterocycles. The van der Waals surface area contributed by atoms with Gasteiger partial charge in [0.25, 0.3) is 5.91 Å². The molecule has 0 unspecified atom stereocenters. The second-order valence-corrected chi connectivity index (χ2v) is 6.66. The third-order valence-corrected chi connectivity index (χ3v) is 4.69. The molecule has 1 aromatic carbocycles. The second-order valence-electron chi connectivity index (χ2n) is 6.66. The lowest BCUT2D eigenvalue weighted by Gasteiger charge is -2.26. The molecule has 1 fully saturated rings. The molecule has 1 atom stereocenters. The summed E-state index contributed by atoms with van der Waals surface area (Å²) < 4.78 is 5.91. The molecule has 0 radical (unpaired) electrons. The third-order valence-electron chi connectivity index (χ3n) is 4.69. The van der Waals surface area contributed by atoms with Crippen molar-refractivity contribution in [2.45, 2.75) is 25.8 Å². The first kappa shape index (κ1) is 18.0. The SMILES string of the molecule is Cc1cccc(OC[C@@H]2CCCN2C(=O)c2ccnn2N(C)C)c1C=O. The van der Waals surface area contributed by atoms with Crippen LogP contribution in [0.2, 0.25) is 0 Å². The lowest BCUT2D eigenvalue weighted by atomic mass is 10.1. The molecule has 0 aliphatic carbocycles. The van der Waals surface area contributed by atoms with E-state index < -0.39 is 0 Å². The zero-order valence-corrected chi connectivity index (χ0v) is 15.4. The van der Waals surface area contributed by atoms with Crippen LogP contribution in [0.1, 0.15) is 39.3 Å². The maximum Gasteiger partial charge on any atom is 0.274 e. The molecule has 0 N–H and O–H groups in total. The fraction of sp³-hybridized carbons (Fsp3) is 0.421. The van der Waals surface area contributed by atoms with Crippen LogP contribution in [0.25, 0.3) is 0 Å². The van der Waals surface area contributed by atoms with Gasteiger partial charge in [-0.3, -0.25) is 9.59 Å². The van der Waals surface area contributed by atoms with Crippen LogP contribution >= 0.6 is 0 Å². The molecular formula is C19H24N4O3. The molecule has 7 heteroatoms. The zero-order valence-electron chi connectivity index (χ0n) is 15.4. The van der Waals surface area contributed by atoms with Crippen LogP contribution in [-0.2, 0) is 0 Å². The van der Waals surface area contributed by atoms with Crippen molar-refractivity contribution < 1.29 is 14.3 Å². The summed E-state index contributed by atoms with van der Waals surface area (Å²) in [6.45, 7) is 2.94. The van der Waals surface area contributed by atoms with Crippen LogP contribution in [0.4, 0.5) is 0 Å². The Hall–Kier alpha value is -2.83. The third kappa shape index (κ3) is 3.42. The van der Waals surface area contributed by atoms with Gasteiger partial charge in [0.15, 0.2) is 6.29 Å². The predicted octanol–water partition coefficient (Wildman–Crippen LogP) is 1.89. The standard InChI is InChI=1S/C19H24N4O3/c1-14-6-4-8-18(16(14)12-24)26-13-15-7-5-11-22(15)19(25)17-9-10-20-23(17)21(2)3/h4,6,8-10,12,15H,5,7,11,13H2,1-3H3/t15-/m0/s1. The number of aldehydes is 1. The smallest absolute Gasteiger partial charge is 0.274 e. The van der Waals surface area contributed by atoms with Gasteiger partial charge in [-0.25, -0.2) is 0 Å². The van der Waals surface area contributed by atoms with E-state index in [2.05, 4.69) is 5.10 Å². The minimum Gasteiger partial charge on any atom is -0.491 e. The van der Waals surface area contributed by atoms with Crippen molar-refractivity contribution in [2.75, 3.05) is 32.3 Å². The Morgan fingerprint density at radius 3 is 2.92 bits per heavy atom. The van der Waals surface area contributed by atoms with Crippen LogP contribution in [-0.4, -0.2) is 60.3 Å². The molecule has 1 aliphatic heterocycles. The Morgan fingerprint density at radius 1 is 1.38 bits per heavy atom. The summed E-state index contributed by atoms with van der Waals surface area (Å²) in [6, 6.07) is 7.24. The predicted molar refractivity (Wildman–Crippen MR) is 98.4 cm³/mol. The number of aromatic nitrogens is 2. The fourth-order valence-corrected chi connectivity index (χ4v) is 3.31. The molecule has 7 nitrogen and oxygen atoms in total. The molecular weight excluding hydrogens is 332 g/mol. The minimum absolute atomic E-state index is 0.0203. The first-order chi connectivity index (χ1) is 12.5. The van der Waals surface area contributed by atoms with Crippen LogP contribution in [0.5, 0.6) is 5.75 Å². The summed E-state index contributed by atoms with van der Waals surface area (Å²) in [7, 11) is 3.68. The largest absolute Gasteiger partial charge is 0.491 e. The summed E-state index contributed by atoms with van der Waals surface area (Å²) in [6.07, 6.45) is 4.25. The molecule has 0 saturated carbocycles. The molecule has 26 heavy (non-hydrogen) atoms. The van der Waals surface area contributed by atoms with E-state index >= 15 is 0 Å². The van der Waals surface area contributed by atoms with Crippen molar-refractivity contribution >= 4 is 12.2 Å². The van der Waals surface area contributed by atoms with Crippen LogP contribution < -0.4 is 9.75 Å². The molecule has 2 aromatic rings. The average Bonchev–Trinajstić information content (AvgIpc) is 3.28. The summed E-state index contributed by atoms with van der Waals surface area (Å²) in [5.41, 5.74) is 1.98. The van der Waals surface area contributed by atoms with Crippen molar-refractivity contribution in [1.82, 2.24) is 14.8 Å². The van der Waals surface area contributed by atoms with E-state index in [9.17, 15) is 9.59 Å². The number of rotatable bonds is 6. The molecule has 1 amide bonds. The first-order valence-electron chi connectivity index (χ1n) is 8.73. The Balaban J connectivity index is 1.73. The maximum atomic E-state index is 13.0. The van der Waals surface area contributed by atoms with Crippen LogP contribution in [0.3, 0.4) is 0 Å². The number of carbonyl (C=O) groups is 2. The fourth-order valence-electron chi connectivity index (χ4n) is 3.31. The lowest BCUT2D eigenvalue weighted by molar-refractivity contribution is 0.0678. The summed E-state index contributed by atoms with van der Waals surface area (Å²) >= 11 is 0. The van der Waals surface area contributed by atoms with E-state index in [4.69, 9.17) is 4.74 Å². The highest BCUT2D eigenvalue weighted by Gasteiger charge is 2.32. The van der Waals surface area contributed by atoms with Crippen molar-refractivity contribution in [1.29, 1.82) is 0 Å². The van der Waals surface area contributed by atoms with Crippen molar-refractivity contribution in [3.05, 3.63) is 47.3 Å². The highest BCUT2D eigenvalue weighted by Crippen LogP contribution is 2.24. The molecule has 0 spiro atoms. The number of benzene rings is 1. The van der Waals surface area contributed by atoms with Crippen LogP contribution in [0.15, 0.2) is 30.5 Å². The highest BCUT2D eigenvalue weighted by atomic mass is 16.5. The van der Waals surface area contributed by atoms with Gasteiger partial charge in [0.05, 0.1) is 17.8 Å². The number of hydrogen-bond acceptors (Lipinski definition) is 5. The number of amides is 1. The molecule has 138 valence electrons. The number of nitrogens with zero attached hydrogens (tertiary/aromatic N) is 4. The Bertz CT molecular complexity index is 800. The summed E-state index contributed by atoms with van der Waals surface area (Å²) in [5.74, 6) is 0.514. The zero-order chi connectivity index (χ0) is 18.7. The van der Waals surface area contributed by atoms with E-state index in [0.29, 0.717) is 30.2 Å². The number of hydrogen-bond donors (Lipinski definition) is 0. The number of carbonyl (C=O) groups excluding carboxylic acids is 2. The van der Waals surface area contributed by atoms with E-state index in [-0.39, 0.29) is 11.9 Å². The van der Waals surface area contributed by atoms with Crippen LogP contribution in [0, 0.1) is 6.92 Å². The second kappa shape index (κ2) is 7.59. The summed E-state index contributed by atoms with van der Waals surface area (Å²) in [5, 5.41) is 5.95. The monoisotopic (exact) mass is 356 g/mol. The van der Waals surface area contributed by atoms with Gasteiger partial charge in [-0.05, 0) is 37.5 Å². The Kier molecular flexibility index (Phi) is 5.25. The number of aryl methyl sites for hydroxylation is 1. The van der Waals surface area contributed by atoms with Gasteiger partial charge in [-0.1, -0.05) is 12.1 Å². The lowest BCUT2D eigenvalue weighted by Crippen LogP contribution is -2.41. The first-order valence-corrected chi connectivity index (χ1v) is 8.73. The highest BCUT2D eigenvalue weighted by molar-refractivity contribution is 5.93. The van der Waals surface area contributed by atoms with E-state index in [0.717, 1.165) is 24.7 Å². The van der Waals surface area contributed by atoms with E-state index in [1.54, 1.807) is 28.1 Å². The minimum atomic E-state index is -0.0536. The molecule has 0 bridgehead atoms. The molecule has 1 saturated heterocycles. The number of likely N-dealkylation sites (tertiary alicyclic amines) is 1. The number of ether oxygens (including phenoxy) is 1. The van der Waals surface area contributed by atoms with Gasteiger partial charge in [0, 0.05) is 20.6 Å².